The molecule has 1 atom stereocenters. The SMILES string of the molecule is CNC(Cc1ccc(F)c(F)c1)c1ccncc1F. The monoisotopic (exact) mass is 266 g/mol. The third kappa shape index (κ3) is 3.12. The molecule has 0 saturated heterocycles. The highest BCUT2D eigenvalue weighted by atomic mass is 19.2. The molecule has 2 nitrogen and oxygen atoms in total. The van der Waals surface area contributed by atoms with E-state index in [4.69, 9.17) is 0 Å². The van der Waals surface area contributed by atoms with Crippen molar-refractivity contribution in [1.29, 1.82) is 0 Å². The highest BCUT2D eigenvalue weighted by Crippen LogP contribution is 2.21. The minimum Gasteiger partial charge on any atom is -0.313 e. The van der Waals surface area contributed by atoms with Gasteiger partial charge in [-0.3, -0.25) is 4.98 Å². The van der Waals surface area contributed by atoms with E-state index in [-0.39, 0.29) is 6.04 Å². The van der Waals surface area contributed by atoms with Crippen molar-refractivity contribution in [2.45, 2.75) is 12.5 Å². The summed E-state index contributed by atoms with van der Waals surface area (Å²) in [6.45, 7) is 0. The number of hydrogen-bond acceptors (Lipinski definition) is 2. The molecule has 0 amide bonds. The summed E-state index contributed by atoms with van der Waals surface area (Å²) in [4.78, 5) is 3.68. The normalized spacial score (nSPS) is 12.4. The summed E-state index contributed by atoms with van der Waals surface area (Å²) in [6.07, 6.45) is 2.98. The lowest BCUT2D eigenvalue weighted by Gasteiger charge is -2.17. The van der Waals surface area contributed by atoms with Gasteiger partial charge in [-0.15, -0.1) is 0 Å². The van der Waals surface area contributed by atoms with Crippen molar-refractivity contribution < 1.29 is 13.2 Å². The average molecular weight is 266 g/mol. The number of likely N-dealkylation sites (N-methyl/N-ethyl adjacent to an activating group) is 1. The van der Waals surface area contributed by atoms with E-state index >= 15 is 0 Å². The first kappa shape index (κ1) is 13.5. The van der Waals surface area contributed by atoms with Crippen LogP contribution in [0.3, 0.4) is 0 Å². The third-order valence-corrected chi connectivity index (χ3v) is 2.95. The first-order chi connectivity index (χ1) is 9.11. The number of nitrogens with one attached hydrogen (secondary N) is 1. The van der Waals surface area contributed by atoms with Gasteiger partial charge in [0.25, 0.3) is 0 Å². The summed E-state index contributed by atoms with van der Waals surface area (Å²) < 4.78 is 39.6. The predicted molar refractivity (Wildman–Crippen MR) is 66.1 cm³/mol. The second-order valence-electron chi connectivity index (χ2n) is 4.19. The van der Waals surface area contributed by atoms with Crippen molar-refractivity contribution in [3.63, 3.8) is 0 Å². The topological polar surface area (TPSA) is 24.9 Å². The zero-order valence-corrected chi connectivity index (χ0v) is 10.3. The van der Waals surface area contributed by atoms with Gasteiger partial charge in [0.1, 0.15) is 5.82 Å². The molecular weight excluding hydrogens is 253 g/mol. The maximum absolute atomic E-state index is 13.6. The first-order valence-corrected chi connectivity index (χ1v) is 5.82. The smallest absolute Gasteiger partial charge is 0.159 e. The van der Waals surface area contributed by atoms with Gasteiger partial charge in [0, 0.05) is 17.8 Å². The quantitative estimate of drug-likeness (QED) is 0.920. The van der Waals surface area contributed by atoms with Crippen molar-refractivity contribution in [3.8, 4) is 0 Å². The van der Waals surface area contributed by atoms with Gasteiger partial charge < -0.3 is 5.32 Å². The molecule has 2 aromatic rings. The van der Waals surface area contributed by atoms with Crippen LogP contribution in [-0.4, -0.2) is 12.0 Å². The molecule has 0 saturated carbocycles. The van der Waals surface area contributed by atoms with Gasteiger partial charge in [0.05, 0.1) is 6.20 Å². The highest BCUT2D eigenvalue weighted by Gasteiger charge is 2.15. The minimum absolute atomic E-state index is 0.326. The summed E-state index contributed by atoms with van der Waals surface area (Å²) >= 11 is 0. The molecule has 5 heteroatoms. The van der Waals surface area contributed by atoms with E-state index in [0.717, 1.165) is 18.3 Å². The Morgan fingerprint density at radius 1 is 1.11 bits per heavy atom. The van der Waals surface area contributed by atoms with Gasteiger partial charge in [0.2, 0.25) is 0 Å². The zero-order valence-electron chi connectivity index (χ0n) is 10.3. The van der Waals surface area contributed by atoms with E-state index in [9.17, 15) is 13.2 Å². The second-order valence-corrected chi connectivity index (χ2v) is 4.19. The predicted octanol–water partition coefficient (Wildman–Crippen LogP) is 3.00. The number of benzene rings is 1. The van der Waals surface area contributed by atoms with Gasteiger partial charge in [-0.1, -0.05) is 6.07 Å². The van der Waals surface area contributed by atoms with Crippen LogP contribution >= 0.6 is 0 Å². The fraction of sp³-hybridized carbons (Fsp3) is 0.214. The molecule has 100 valence electrons. The van der Waals surface area contributed by atoms with Crippen LogP contribution in [0.4, 0.5) is 13.2 Å². The molecule has 0 fully saturated rings. The van der Waals surface area contributed by atoms with E-state index in [0.29, 0.717) is 17.5 Å². The molecule has 1 N–H and O–H groups in total. The van der Waals surface area contributed by atoms with Crippen LogP contribution in [0.1, 0.15) is 17.2 Å². The molecule has 0 aliphatic rings. The summed E-state index contributed by atoms with van der Waals surface area (Å²) in [5, 5.41) is 2.96. The highest BCUT2D eigenvalue weighted by molar-refractivity contribution is 5.24. The number of nitrogens with zero attached hydrogens (tertiary/aromatic N) is 1. The lowest BCUT2D eigenvalue weighted by Crippen LogP contribution is -2.20. The molecule has 1 heterocycles. The Morgan fingerprint density at radius 2 is 1.89 bits per heavy atom. The van der Waals surface area contributed by atoms with Gasteiger partial charge >= 0.3 is 0 Å². The second kappa shape index (κ2) is 5.84. The lowest BCUT2D eigenvalue weighted by molar-refractivity contribution is 0.501. The molecule has 19 heavy (non-hydrogen) atoms. The molecule has 0 spiro atoms. The Morgan fingerprint density at radius 3 is 2.53 bits per heavy atom. The standard InChI is InChI=1S/C14H13F3N2/c1-18-14(10-4-5-19-8-13(10)17)7-9-2-3-11(15)12(16)6-9/h2-6,8,14,18H,7H2,1H3. The summed E-state index contributed by atoms with van der Waals surface area (Å²) in [6, 6.07) is 4.92. The van der Waals surface area contributed by atoms with E-state index in [2.05, 4.69) is 10.3 Å². The maximum atomic E-state index is 13.6. The number of aromatic nitrogens is 1. The summed E-state index contributed by atoms with van der Waals surface area (Å²) in [5.41, 5.74) is 1.04. The van der Waals surface area contributed by atoms with Crippen LogP contribution in [0.5, 0.6) is 0 Å². The Bertz CT molecular complexity index is 572. The molecule has 0 bridgehead atoms. The fourth-order valence-corrected chi connectivity index (χ4v) is 1.94. The fourth-order valence-electron chi connectivity index (χ4n) is 1.94. The van der Waals surface area contributed by atoms with E-state index in [1.54, 1.807) is 13.1 Å². The molecule has 1 aromatic heterocycles. The molecule has 0 radical (unpaired) electrons. The Hall–Kier alpha value is -1.88. The van der Waals surface area contributed by atoms with Crippen LogP contribution in [0, 0.1) is 17.5 Å². The minimum atomic E-state index is -0.900. The maximum Gasteiger partial charge on any atom is 0.159 e. The van der Waals surface area contributed by atoms with E-state index < -0.39 is 17.5 Å². The van der Waals surface area contributed by atoms with Crippen molar-refractivity contribution in [3.05, 3.63) is 65.2 Å². The van der Waals surface area contributed by atoms with Gasteiger partial charge in [-0.05, 0) is 37.2 Å². The number of halogens is 3. The van der Waals surface area contributed by atoms with Gasteiger partial charge in [0.15, 0.2) is 11.6 Å². The van der Waals surface area contributed by atoms with E-state index in [1.807, 2.05) is 0 Å². The first-order valence-electron chi connectivity index (χ1n) is 5.82. The number of rotatable bonds is 4. The van der Waals surface area contributed by atoms with Crippen molar-refractivity contribution in [1.82, 2.24) is 10.3 Å². The number of pyridine rings is 1. The number of hydrogen-bond donors (Lipinski definition) is 1. The Labute approximate surface area is 109 Å². The largest absolute Gasteiger partial charge is 0.313 e. The summed E-state index contributed by atoms with van der Waals surface area (Å²) in [7, 11) is 1.68. The molecule has 1 unspecified atom stereocenters. The Balaban J connectivity index is 2.24. The van der Waals surface area contributed by atoms with Crippen LogP contribution in [-0.2, 0) is 6.42 Å². The molecule has 0 aliphatic carbocycles. The Kier molecular flexibility index (Phi) is 4.16. The van der Waals surface area contributed by atoms with Crippen LogP contribution in [0.15, 0.2) is 36.7 Å². The van der Waals surface area contributed by atoms with Gasteiger partial charge in [-0.25, -0.2) is 13.2 Å². The average Bonchev–Trinajstić information content (AvgIpc) is 2.41. The van der Waals surface area contributed by atoms with Crippen LogP contribution in [0.2, 0.25) is 0 Å². The molecular formula is C14H13F3N2. The van der Waals surface area contributed by atoms with Crippen molar-refractivity contribution >= 4 is 0 Å². The van der Waals surface area contributed by atoms with Gasteiger partial charge in [-0.2, -0.15) is 0 Å². The molecule has 0 aliphatic heterocycles. The van der Waals surface area contributed by atoms with Crippen molar-refractivity contribution in [2.75, 3.05) is 7.05 Å². The van der Waals surface area contributed by atoms with Crippen molar-refractivity contribution in [2.24, 2.45) is 0 Å². The van der Waals surface area contributed by atoms with Crippen LogP contribution < -0.4 is 5.32 Å². The molecule has 1 aromatic carbocycles. The summed E-state index contributed by atoms with van der Waals surface area (Å²) in [5.74, 6) is -2.22. The lowest BCUT2D eigenvalue weighted by atomic mass is 9.99. The van der Waals surface area contributed by atoms with Crippen LogP contribution in [0.25, 0.3) is 0 Å². The zero-order chi connectivity index (χ0) is 13.8. The third-order valence-electron chi connectivity index (χ3n) is 2.95. The molecule has 2 rings (SSSR count). The van der Waals surface area contributed by atoms with E-state index in [1.165, 1.54) is 12.3 Å².